The fraction of sp³-hybridized carbons (Fsp3) is 0.500. The molecule has 0 spiro atoms. The Kier molecular flexibility index (Phi) is 24.4. The molecule has 0 aromatic heterocycles. The van der Waals surface area contributed by atoms with Crippen molar-refractivity contribution >= 4 is 18.2 Å². The smallest absolute Gasteiger partial charge is 1.00 e. The first-order chi connectivity index (χ1) is 1.73. The van der Waals surface area contributed by atoms with Crippen molar-refractivity contribution in [1.82, 2.24) is 0 Å². The maximum absolute atomic E-state index is 6.28. The molecule has 0 aromatic carbocycles. The van der Waals surface area contributed by atoms with Gasteiger partial charge in [0.15, 0.2) is 0 Å². The zero-order valence-corrected chi connectivity index (χ0v) is 6.80. The Morgan fingerprint density at radius 3 is 1.83 bits per heavy atom. The molecule has 4 heteroatoms. The number of nitrogens with one attached hydrogen (secondary N) is 1. The Labute approximate surface area is 67.2 Å². The Morgan fingerprint density at radius 2 is 1.83 bits per heavy atom. The second-order valence-corrected chi connectivity index (χ2v) is 0.683. The Morgan fingerprint density at radius 1 is 1.83 bits per heavy atom. The van der Waals surface area contributed by atoms with Crippen LogP contribution < -0.4 is 35.3 Å². The molecule has 0 saturated heterocycles. The van der Waals surface area contributed by atoms with Gasteiger partial charge in [0, 0.05) is 0 Å². The third-order valence-corrected chi connectivity index (χ3v) is 0. The van der Waals surface area contributed by atoms with Crippen LogP contribution in [0.1, 0.15) is 8.35 Å². The van der Waals surface area contributed by atoms with Gasteiger partial charge in [0.1, 0.15) is 0 Å². The zero-order valence-electron chi connectivity index (χ0n) is 4.99. The number of amidine groups is 1. The second-order valence-electron chi connectivity index (χ2n) is 0.683. The summed E-state index contributed by atoms with van der Waals surface area (Å²) in [5.41, 5.74) is 4.69. The molecule has 0 atom stereocenters. The topological polar surface area (TPSA) is 49.9 Å². The summed E-state index contributed by atoms with van der Waals surface area (Å²) in [5, 5.41) is 6.28. The normalized spacial score (nSPS) is 4.17. The quantitative estimate of drug-likeness (QED) is 0.206. The van der Waals surface area contributed by atoms with Crippen molar-refractivity contribution in [1.29, 1.82) is 5.41 Å². The van der Waals surface area contributed by atoms with Crippen LogP contribution in [0.15, 0.2) is 0 Å². The van der Waals surface area contributed by atoms with Crippen LogP contribution in [0.3, 0.4) is 0 Å². The molecule has 0 aromatic rings. The van der Waals surface area contributed by atoms with Gasteiger partial charge in [-0.25, -0.2) is 0 Å². The molecule has 0 radical (unpaired) electrons. The second kappa shape index (κ2) is 9.23. The van der Waals surface area contributed by atoms with Gasteiger partial charge < -0.3 is 7.16 Å². The van der Waals surface area contributed by atoms with E-state index in [4.69, 9.17) is 11.1 Å². The third kappa shape index (κ3) is 117. The largest absolute Gasteiger partial charge is 1.00 e. The molecule has 0 aliphatic carbocycles. The van der Waals surface area contributed by atoms with Gasteiger partial charge >= 0.3 is 29.6 Å². The summed E-state index contributed by atoms with van der Waals surface area (Å²) in [6, 6.07) is 0. The Hall–Kier alpha value is 0.760. The molecule has 0 aliphatic heterocycles. The van der Waals surface area contributed by atoms with Crippen molar-refractivity contribution in [2.75, 3.05) is 0 Å². The number of hydrogen-bond donors (Lipinski definition) is 2. The zero-order chi connectivity index (χ0) is 3.58. The van der Waals surface area contributed by atoms with E-state index in [1.807, 2.05) is 0 Å². The third-order valence-electron chi connectivity index (χ3n) is 0. The SMILES string of the molecule is CC(=N)N.Cl.[H-].[Na+]. The summed E-state index contributed by atoms with van der Waals surface area (Å²) in [4.78, 5) is 0. The number of rotatable bonds is 0. The van der Waals surface area contributed by atoms with Gasteiger partial charge in [0.25, 0.3) is 0 Å². The first kappa shape index (κ1) is 15.9. The van der Waals surface area contributed by atoms with E-state index in [0.29, 0.717) is 0 Å². The molecule has 0 saturated carbocycles. The number of hydrogen-bond acceptors (Lipinski definition) is 1. The minimum Gasteiger partial charge on any atom is -1.00 e. The molecular formula is C2H8ClN2Na. The average molecular weight is 119 g/mol. The van der Waals surface area contributed by atoms with Gasteiger partial charge in [0.2, 0.25) is 0 Å². The fourth-order valence-electron chi connectivity index (χ4n) is 0. The van der Waals surface area contributed by atoms with Crippen molar-refractivity contribution in [3.63, 3.8) is 0 Å². The molecule has 0 rings (SSSR count). The van der Waals surface area contributed by atoms with Crippen LogP contribution >= 0.6 is 12.4 Å². The molecule has 0 amide bonds. The Balaban J connectivity index is -0.0000000150. The summed E-state index contributed by atoms with van der Waals surface area (Å²) in [7, 11) is 0. The molecule has 0 unspecified atom stereocenters. The van der Waals surface area contributed by atoms with Crippen molar-refractivity contribution in [3.8, 4) is 0 Å². The first-order valence-corrected chi connectivity index (χ1v) is 1.04. The standard InChI is InChI=1S/C2H6N2.ClH.Na.H/c1-2(3)4;;;/h1H3,(H3,3,4);1H;;/q;;+1;-1. The molecule has 0 fully saturated rings. The van der Waals surface area contributed by atoms with Gasteiger partial charge in [0.05, 0.1) is 5.84 Å². The maximum Gasteiger partial charge on any atom is 1.00 e. The molecule has 0 aliphatic rings. The summed E-state index contributed by atoms with van der Waals surface area (Å²) < 4.78 is 0. The van der Waals surface area contributed by atoms with E-state index in [1.165, 1.54) is 6.92 Å². The van der Waals surface area contributed by atoms with Crippen LogP contribution in [0.4, 0.5) is 0 Å². The van der Waals surface area contributed by atoms with E-state index in [-0.39, 0.29) is 49.2 Å². The average Bonchev–Trinajstić information content (AvgIpc) is 0.811. The van der Waals surface area contributed by atoms with Crippen LogP contribution in [0.5, 0.6) is 0 Å². The summed E-state index contributed by atoms with van der Waals surface area (Å²) >= 11 is 0. The van der Waals surface area contributed by atoms with Gasteiger partial charge in [-0.1, -0.05) is 0 Å². The van der Waals surface area contributed by atoms with Crippen molar-refractivity contribution < 1.29 is 31.0 Å². The number of nitrogens with two attached hydrogens (primary N) is 1. The predicted octanol–water partition coefficient (Wildman–Crippen LogP) is -2.52. The van der Waals surface area contributed by atoms with Crippen molar-refractivity contribution in [2.24, 2.45) is 5.73 Å². The minimum atomic E-state index is 0. The predicted molar refractivity (Wildman–Crippen MR) is 25.9 cm³/mol. The monoisotopic (exact) mass is 118 g/mol. The van der Waals surface area contributed by atoms with Gasteiger partial charge in [-0.2, -0.15) is 0 Å². The van der Waals surface area contributed by atoms with E-state index in [1.54, 1.807) is 0 Å². The molecule has 2 nitrogen and oxygen atoms in total. The summed E-state index contributed by atoms with van der Waals surface area (Å²) in [6.07, 6.45) is 0. The maximum atomic E-state index is 6.28. The van der Waals surface area contributed by atoms with E-state index in [0.717, 1.165) is 0 Å². The fourth-order valence-corrected chi connectivity index (χ4v) is 0. The molecule has 34 valence electrons. The molecule has 0 bridgehead atoms. The van der Waals surface area contributed by atoms with Crippen LogP contribution in [-0.2, 0) is 0 Å². The van der Waals surface area contributed by atoms with Crippen LogP contribution in [-0.4, -0.2) is 5.84 Å². The molecule has 3 N–H and O–H groups in total. The molecular weight excluding hydrogens is 110 g/mol. The van der Waals surface area contributed by atoms with Crippen LogP contribution in [0.2, 0.25) is 0 Å². The van der Waals surface area contributed by atoms with Gasteiger partial charge in [-0.15, -0.1) is 12.4 Å². The van der Waals surface area contributed by atoms with E-state index in [2.05, 4.69) is 0 Å². The van der Waals surface area contributed by atoms with Crippen LogP contribution in [0, 0.1) is 5.41 Å². The first-order valence-electron chi connectivity index (χ1n) is 1.04. The van der Waals surface area contributed by atoms with Crippen molar-refractivity contribution in [3.05, 3.63) is 0 Å². The van der Waals surface area contributed by atoms with Gasteiger partial charge in [-0.05, 0) is 6.92 Å². The van der Waals surface area contributed by atoms with Gasteiger partial charge in [-0.3, -0.25) is 5.41 Å². The van der Waals surface area contributed by atoms with E-state index < -0.39 is 0 Å². The number of halogens is 1. The molecule has 6 heavy (non-hydrogen) atoms. The molecule has 0 heterocycles. The minimum absolute atomic E-state index is 0. The van der Waals surface area contributed by atoms with Crippen LogP contribution in [0.25, 0.3) is 0 Å². The van der Waals surface area contributed by atoms with E-state index >= 15 is 0 Å². The Bertz CT molecular complexity index is 38.7. The van der Waals surface area contributed by atoms with E-state index in [9.17, 15) is 0 Å². The summed E-state index contributed by atoms with van der Waals surface area (Å²) in [5.74, 6) is 0.167. The van der Waals surface area contributed by atoms with Crippen molar-refractivity contribution in [2.45, 2.75) is 6.92 Å². The summed E-state index contributed by atoms with van der Waals surface area (Å²) in [6.45, 7) is 1.53.